The van der Waals surface area contributed by atoms with Crippen LogP contribution in [-0.2, 0) is 6.54 Å². The smallest absolute Gasteiger partial charge is 0.286 e. The van der Waals surface area contributed by atoms with Crippen molar-refractivity contribution in [1.29, 1.82) is 0 Å². The Morgan fingerprint density at radius 3 is 2.60 bits per heavy atom. The van der Waals surface area contributed by atoms with Gasteiger partial charge in [0.1, 0.15) is 18.2 Å². The minimum Gasteiger partial charge on any atom is -0.493 e. The molecule has 0 aliphatic carbocycles. The lowest BCUT2D eigenvalue weighted by Gasteiger charge is -2.11. The number of amides is 1. The van der Waals surface area contributed by atoms with Crippen LogP contribution in [0.25, 0.3) is 5.82 Å². The van der Waals surface area contributed by atoms with Crippen LogP contribution in [0.4, 0.5) is 5.69 Å². The number of aromatic nitrogens is 5. The zero-order valence-electron chi connectivity index (χ0n) is 16.0. The van der Waals surface area contributed by atoms with Crippen molar-refractivity contribution in [3.05, 3.63) is 63.0 Å². The van der Waals surface area contributed by atoms with Crippen molar-refractivity contribution in [2.45, 2.75) is 6.54 Å². The van der Waals surface area contributed by atoms with Gasteiger partial charge in [0.15, 0.2) is 17.3 Å². The van der Waals surface area contributed by atoms with Gasteiger partial charge in [0.25, 0.3) is 17.2 Å². The second-order valence-electron chi connectivity index (χ2n) is 5.83. The van der Waals surface area contributed by atoms with Gasteiger partial charge in [0.05, 0.1) is 31.8 Å². The highest BCUT2D eigenvalue weighted by molar-refractivity contribution is 5.99. The average molecular weight is 415 g/mol. The molecule has 13 nitrogen and oxygen atoms in total. The van der Waals surface area contributed by atoms with E-state index >= 15 is 0 Å². The highest BCUT2D eigenvalue weighted by Crippen LogP contribution is 2.34. The number of carbonyl (C=O) groups excluding carboxylic acids is 1. The van der Waals surface area contributed by atoms with Crippen molar-refractivity contribution in [1.82, 2.24) is 29.9 Å². The molecule has 0 aliphatic heterocycles. The first-order chi connectivity index (χ1) is 14.4. The van der Waals surface area contributed by atoms with Gasteiger partial charge in [-0.1, -0.05) is 0 Å². The SMILES string of the molecule is COc1cc(C(=O)NCCn2nc(-n3cncn3)ccc2=O)c([N+](=O)[O-])cc1OC. The van der Waals surface area contributed by atoms with Gasteiger partial charge in [-0.05, 0) is 6.07 Å². The van der Waals surface area contributed by atoms with E-state index in [-0.39, 0.29) is 35.7 Å². The predicted molar refractivity (Wildman–Crippen MR) is 102 cm³/mol. The molecule has 3 aromatic rings. The van der Waals surface area contributed by atoms with Crippen LogP contribution in [0.15, 0.2) is 41.7 Å². The number of methoxy groups -OCH3 is 2. The highest BCUT2D eigenvalue weighted by Gasteiger charge is 2.24. The van der Waals surface area contributed by atoms with E-state index in [0.29, 0.717) is 5.82 Å². The van der Waals surface area contributed by atoms with E-state index in [2.05, 4.69) is 20.5 Å². The molecule has 0 unspecified atom stereocenters. The predicted octanol–water partition coefficient (Wildman–Crippen LogP) is 0.179. The average Bonchev–Trinajstić information content (AvgIpc) is 3.28. The van der Waals surface area contributed by atoms with Gasteiger partial charge in [0.2, 0.25) is 0 Å². The maximum absolute atomic E-state index is 12.5. The van der Waals surface area contributed by atoms with Crippen LogP contribution >= 0.6 is 0 Å². The zero-order chi connectivity index (χ0) is 21.7. The second-order valence-corrected chi connectivity index (χ2v) is 5.83. The number of nitrogens with zero attached hydrogens (tertiary/aromatic N) is 6. The molecule has 0 saturated heterocycles. The molecule has 30 heavy (non-hydrogen) atoms. The van der Waals surface area contributed by atoms with Gasteiger partial charge in [0, 0.05) is 18.7 Å². The van der Waals surface area contributed by atoms with Gasteiger partial charge in [-0.2, -0.15) is 5.10 Å². The third kappa shape index (κ3) is 4.24. The molecular formula is C17H17N7O6. The van der Waals surface area contributed by atoms with Gasteiger partial charge >= 0.3 is 0 Å². The van der Waals surface area contributed by atoms with Crippen molar-refractivity contribution in [2.75, 3.05) is 20.8 Å². The van der Waals surface area contributed by atoms with Crippen LogP contribution in [0, 0.1) is 10.1 Å². The Balaban J connectivity index is 1.76. The summed E-state index contributed by atoms with van der Waals surface area (Å²) in [4.78, 5) is 39.0. The molecule has 0 radical (unpaired) electrons. The van der Waals surface area contributed by atoms with Gasteiger partial charge < -0.3 is 14.8 Å². The number of nitrogens with one attached hydrogen (secondary N) is 1. The molecule has 0 saturated carbocycles. The van der Waals surface area contributed by atoms with E-state index in [0.717, 1.165) is 10.7 Å². The Labute approximate surface area is 169 Å². The molecule has 2 aromatic heterocycles. The largest absolute Gasteiger partial charge is 0.493 e. The second kappa shape index (κ2) is 8.81. The molecule has 1 aromatic carbocycles. The molecule has 0 bridgehead atoms. The minimum absolute atomic E-state index is 0.00194. The summed E-state index contributed by atoms with van der Waals surface area (Å²) in [6.45, 7) is 0.0340. The van der Waals surface area contributed by atoms with E-state index in [1.807, 2.05) is 0 Å². The number of hydrogen-bond acceptors (Lipinski definition) is 9. The lowest BCUT2D eigenvalue weighted by molar-refractivity contribution is -0.385. The number of ether oxygens (including phenoxy) is 2. The number of carbonyl (C=O) groups is 1. The summed E-state index contributed by atoms with van der Waals surface area (Å²) in [7, 11) is 2.69. The lowest BCUT2D eigenvalue weighted by Crippen LogP contribution is -2.32. The zero-order valence-corrected chi connectivity index (χ0v) is 16.0. The van der Waals surface area contributed by atoms with Gasteiger partial charge in [-0.3, -0.25) is 19.7 Å². The number of benzene rings is 1. The Morgan fingerprint density at radius 1 is 1.23 bits per heavy atom. The quantitative estimate of drug-likeness (QED) is 0.400. The van der Waals surface area contributed by atoms with E-state index in [1.54, 1.807) is 0 Å². The van der Waals surface area contributed by atoms with Crippen LogP contribution in [0.2, 0.25) is 0 Å². The Bertz CT molecular complexity index is 1130. The topological polar surface area (TPSA) is 156 Å². The summed E-state index contributed by atoms with van der Waals surface area (Å²) >= 11 is 0. The van der Waals surface area contributed by atoms with Crippen molar-refractivity contribution >= 4 is 11.6 Å². The first-order valence-corrected chi connectivity index (χ1v) is 8.56. The summed E-state index contributed by atoms with van der Waals surface area (Å²) < 4.78 is 12.7. The van der Waals surface area contributed by atoms with Crippen LogP contribution in [0.1, 0.15) is 10.4 Å². The highest BCUT2D eigenvalue weighted by atomic mass is 16.6. The number of hydrogen-bond donors (Lipinski definition) is 1. The fourth-order valence-electron chi connectivity index (χ4n) is 2.62. The van der Waals surface area contributed by atoms with Crippen LogP contribution < -0.4 is 20.3 Å². The summed E-state index contributed by atoms with van der Waals surface area (Å²) in [5.74, 6) is -0.0369. The molecule has 0 aliphatic rings. The lowest BCUT2D eigenvalue weighted by atomic mass is 10.1. The summed E-state index contributed by atoms with van der Waals surface area (Å²) in [5, 5.41) is 22.0. The fraction of sp³-hybridized carbons (Fsp3) is 0.235. The molecule has 156 valence electrons. The minimum atomic E-state index is -0.705. The van der Waals surface area contributed by atoms with E-state index < -0.39 is 16.5 Å². The molecular weight excluding hydrogens is 398 g/mol. The first-order valence-electron chi connectivity index (χ1n) is 8.56. The Kier molecular flexibility index (Phi) is 6.00. The van der Waals surface area contributed by atoms with Crippen LogP contribution in [0.3, 0.4) is 0 Å². The van der Waals surface area contributed by atoms with Crippen molar-refractivity contribution < 1.29 is 19.2 Å². The number of nitro benzene ring substituents is 1. The molecule has 1 amide bonds. The van der Waals surface area contributed by atoms with Crippen LogP contribution in [-0.4, -0.2) is 56.1 Å². The number of rotatable bonds is 8. The summed E-state index contributed by atoms with van der Waals surface area (Å²) in [6, 6.07) is 5.13. The van der Waals surface area contributed by atoms with Crippen molar-refractivity contribution in [2.24, 2.45) is 0 Å². The summed E-state index contributed by atoms with van der Waals surface area (Å²) in [5.41, 5.74) is -1.02. The van der Waals surface area contributed by atoms with Gasteiger partial charge in [-0.25, -0.2) is 14.3 Å². The van der Waals surface area contributed by atoms with Gasteiger partial charge in [-0.15, -0.1) is 5.10 Å². The molecule has 0 spiro atoms. The monoisotopic (exact) mass is 415 g/mol. The van der Waals surface area contributed by atoms with Crippen molar-refractivity contribution in [3.8, 4) is 17.3 Å². The molecule has 2 heterocycles. The Morgan fingerprint density at radius 2 is 1.97 bits per heavy atom. The fourth-order valence-corrected chi connectivity index (χ4v) is 2.62. The molecule has 0 atom stereocenters. The molecule has 13 heteroatoms. The van der Waals surface area contributed by atoms with E-state index in [9.17, 15) is 19.7 Å². The third-order valence-electron chi connectivity index (χ3n) is 4.06. The maximum Gasteiger partial charge on any atom is 0.286 e. The third-order valence-corrected chi connectivity index (χ3v) is 4.06. The Hall–Kier alpha value is -4.29. The maximum atomic E-state index is 12.5. The first kappa shape index (κ1) is 20.4. The normalized spacial score (nSPS) is 10.5. The summed E-state index contributed by atoms with van der Waals surface area (Å²) in [6.07, 6.45) is 2.75. The van der Waals surface area contributed by atoms with Crippen molar-refractivity contribution in [3.63, 3.8) is 0 Å². The number of nitro groups is 1. The molecule has 0 fully saturated rings. The van der Waals surface area contributed by atoms with Crippen LogP contribution in [0.5, 0.6) is 11.5 Å². The van der Waals surface area contributed by atoms with E-state index in [1.165, 1.54) is 49.8 Å². The standard InChI is InChI=1S/C17H17N7O6/c1-29-13-7-11(12(24(27)28)8-14(13)30-2)17(26)19-5-6-22-16(25)4-3-15(21-22)23-10-18-9-20-23/h3-4,7-10H,5-6H2,1-2H3,(H,19,26). The molecule has 1 N–H and O–H groups in total. The van der Waals surface area contributed by atoms with E-state index in [4.69, 9.17) is 9.47 Å². The molecule has 3 rings (SSSR count).